The van der Waals surface area contributed by atoms with E-state index in [2.05, 4.69) is 27.1 Å². The molecule has 196 valence electrons. The van der Waals surface area contributed by atoms with Crippen LogP contribution in [0.2, 0.25) is 0 Å². The van der Waals surface area contributed by atoms with E-state index in [9.17, 15) is 5.11 Å². The Kier molecular flexibility index (Phi) is 5.82. The Morgan fingerprint density at radius 2 is 1.82 bits per heavy atom. The summed E-state index contributed by atoms with van der Waals surface area (Å²) < 4.78 is 22.6. The highest BCUT2D eigenvalue weighted by Gasteiger charge is 2.34. The molecule has 3 fully saturated rings. The second-order valence-electron chi connectivity index (χ2n) is 11.0. The zero-order valence-corrected chi connectivity index (χ0v) is 21.5. The molecule has 2 N–H and O–H groups in total. The van der Waals surface area contributed by atoms with E-state index in [-0.39, 0.29) is 17.3 Å². The van der Waals surface area contributed by atoms with Gasteiger partial charge in [-0.2, -0.15) is 9.97 Å². The molecule has 3 saturated heterocycles. The molecule has 0 spiro atoms. The highest BCUT2D eigenvalue weighted by molar-refractivity contribution is 6.01. The molecule has 0 radical (unpaired) electrons. The lowest BCUT2D eigenvalue weighted by Gasteiger charge is -2.34. The molecule has 7 nitrogen and oxygen atoms in total. The lowest BCUT2D eigenvalue weighted by atomic mass is 9.96. The fraction of sp³-hybridized carbons (Fsp3) is 0.400. The maximum atomic E-state index is 16.4. The van der Waals surface area contributed by atoms with Crippen LogP contribution in [0, 0.1) is 5.82 Å². The lowest BCUT2D eigenvalue weighted by molar-refractivity contribution is 0.188. The standard InChI is InChI=1S/C30H32FN5O2/c1-35-12-4-6-21(35)17-38-30-33-28-25(29(34-30)36-15-19-8-9-20(16-36)32-19)11-10-24(27(28)31)26-14-22(37)13-18-5-2-3-7-23(18)26/h2-3,5,7,10-11,13-14,19-21,32,37H,4,6,8-9,12,15-17H2,1H3/t19?,20?,21-/m0/s1. The minimum atomic E-state index is -0.428. The Hall–Kier alpha value is -3.49. The van der Waals surface area contributed by atoms with Gasteiger partial charge in [0.25, 0.3) is 0 Å². The third kappa shape index (κ3) is 4.12. The van der Waals surface area contributed by atoms with E-state index in [4.69, 9.17) is 9.72 Å². The average molecular weight is 514 g/mol. The normalized spacial score (nSPS) is 23.5. The van der Waals surface area contributed by atoms with Crippen molar-refractivity contribution in [1.29, 1.82) is 0 Å². The summed E-state index contributed by atoms with van der Waals surface area (Å²) in [6.07, 6.45) is 4.50. The smallest absolute Gasteiger partial charge is 0.319 e. The maximum Gasteiger partial charge on any atom is 0.319 e. The number of aromatic hydroxyl groups is 1. The fourth-order valence-corrected chi connectivity index (χ4v) is 6.49. The highest BCUT2D eigenvalue weighted by atomic mass is 19.1. The zero-order chi connectivity index (χ0) is 25.8. The Bertz CT molecular complexity index is 1520. The number of piperazine rings is 1. The number of nitrogens with one attached hydrogen (secondary N) is 1. The van der Waals surface area contributed by atoms with Gasteiger partial charge in [-0.15, -0.1) is 0 Å². The van der Waals surface area contributed by atoms with Crippen molar-refractivity contribution in [3.05, 3.63) is 54.3 Å². The quantitative estimate of drug-likeness (QED) is 0.401. The molecule has 3 aromatic carbocycles. The van der Waals surface area contributed by atoms with Crippen LogP contribution in [0.5, 0.6) is 11.8 Å². The number of phenolic OH excluding ortho intramolecular Hbond substituents is 1. The summed E-state index contributed by atoms with van der Waals surface area (Å²) in [5.74, 6) is 0.403. The van der Waals surface area contributed by atoms with E-state index in [1.54, 1.807) is 18.2 Å². The van der Waals surface area contributed by atoms with Gasteiger partial charge >= 0.3 is 6.01 Å². The summed E-state index contributed by atoms with van der Waals surface area (Å²) in [5.41, 5.74) is 1.28. The van der Waals surface area contributed by atoms with Gasteiger partial charge in [0.2, 0.25) is 0 Å². The minimum absolute atomic E-state index is 0.0996. The number of ether oxygens (including phenoxy) is 1. The second-order valence-corrected chi connectivity index (χ2v) is 11.0. The van der Waals surface area contributed by atoms with E-state index >= 15 is 4.39 Å². The molecule has 7 rings (SSSR count). The summed E-state index contributed by atoms with van der Waals surface area (Å²) in [4.78, 5) is 14.0. The molecule has 0 aliphatic carbocycles. The third-order valence-electron chi connectivity index (χ3n) is 8.50. The van der Waals surface area contributed by atoms with E-state index in [0.717, 1.165) is 61.9 Å². The van der Waals surface area contributed by atoms with Gasteiger partial charge in [-0.05, 0) is 73.8 Å². The van der Waals surface area contributed by atoms with Crippen LogP contribution >= 0.6 is 0 Å². The van der Waals surface area contributed by atoms with Crippen molar-refractivity contribution in [2.75, 3.05) is 38.2 Å². The molecule has 1 aromatic heterocycles. The predicted molar refractivity (Wildman–Crippen MR) is 147 cm³/mol. The first kappa shape index (κ1) is 23.6. The van der Waals surface area contributed by atoms with Crippen molar-refractivity contribution in [2.24, 2.45) is 0 Å². The second kappa shape index (κ2) is 9.36. The van der Waals surface area contributed by atoms with Crippen LogP contribution in [0.25, 0.3) is 32.8 Å². The zero-order valence-electron chi connectivity index (χ0n) is 21.5. The Balaban J connectivity index is 1.36. The number of nitrogens with zero attached hydrogens (tertiary/aromatic N) is 4. The van der Waals surface area contributed by atoms with Gasteiger partial charge < -0.3 is 25.0 Å². The molecule has 4 heterocycles. The van der Waals surface area contributed by atoms with E-state index in [1.807, 2.05) is 30.3 Å². The van der Waals surface area contributed by atoms with Crippen LogP contribution in [0.4, 0.5) is 10.2 Å². The van der Waals surface area contributed by atoms with Crippen molar-refractivity contribution in [2.45, 2.75) is 43.8 Å². The molecule has 8 heteroatoms. The summed E-state index contributed by atoms with van der Waals surface area (Å²) in [7, 11) is 2.11. The van der Waals surface area contributed by atoms with E-state index in [0.29, 0.717) is 41.2 Å². The monoisotopic (exact) mass is 513 g/mol. The summed E-state index contributed by atoms with van der Waals surface area (Å²) >= 11 is 0. The third-order valence-corrected chi connectivity index (χ3v) is 8.50. The summed E-state index contributed by atoms with van der Waals surface area (Å²) in [6.45, 7) is 3.19. The molecule has 3 atom stereocenters. The summed E-state index contributed by atoms with van der Waals surface area (Å²) in [6, 6.07) is 16.1. The van der Waals surface area contributed by atoms with Crippen molar-refractivity contribution >= 4 is 27.5 Å². The topological polar surface area (TPSA) is 73.8 Å². The number of hydrogen-bond acceptors (Lipinski definition) is 7. The lowest BCUT2D eigenvalue weighted by Crippen LogP contribution is -2.51. The number of benzene rings is 3. The van der Waals surface area contributed by atoms with Gasteiger partial charge in [0, 0.05) is 42.2 Å². The van der Waals surface area contributed by atoms with Crippen molar-refractivity contribution in [3.8, 4) is 22.9 Å². The van der Waals surface area contributed by atoms with E-state index < -0.39 is 5.82 Å². The first-order chi connectivity index (χ1) is 18.5. The van der Waals surface area contributed by atoms with Gasteiger partial charge in [0.05, 0.1) is 0 Å². The van der Waals surface area contributed by atoms with Crippen LogP contribution < -0.4 is 15.0 Å². The van der Waals surface area contributed by atoms with Crippen LogP contribution in [0.1, 0.15) is 25.7 Å². The number of phenols is 1. The molecule has 0 saturated carbocycles. The Morgan fingerprint density at radius 1 is 1.00 bits per heavy atom. The van der Waals surface area contributed by atoms with Gasteiger partial charge in [-0.25, -0.2) is 4.39 Å². The predicted octanol–water partition coefficient (Wildman–Crippen LogP) is 4.71. The number of aromatic nitrogens is 2. The molecule has 3 aliphatic heterocycles. The van der Waals surface area contributed by atoms with E-state index in [1.165, 1.54) is 0 Å². The fourth-order valence-electron chi connectivity index (χ4n) is 6.49. The van der Waals surface area contributed by atoms with Crippen molar-refractivity contribution in [3.63, 3.8) is 0 Å². The number of halogens is 1. The highest BCUT2D eigenvalue weighted by Crippen LogP contribution is 2.39. The molecular formula is C30H32FN5O2. The van der Waals surface area contributed by atoms with Crippen LogP contribution in [-0.4, -0.2) is 71.4 Å². The Morgan fingerprint density at radius 3 is 2.61 bits per heavy atom. The molecular weight excluding hydrogens is 481 g/mol. The number of fused-ring (bicyclic) bond motifs is 4. The number of rotatable bonds is 5. The van der Waals surface area contributed by atoms with Crippen LogP contribution in [-0.2, 0) is 0 Å². The first-order valence-corrected chi connectivity index (χ1v) is 13.6. The molecule has 4 aromatic rings. The SMILES string of the molecule is CN1CCC[C@H]1COc1nc(N2CC3CCC(C2)N3)c2ccc(-c3cc(O)cc4ccccc34)c(F)c2n1. The van der Waals surface area contributed by atoms with Crippen molar-refractivity contribution in [1.82, 2.24) is 20.2 Å². The van der Waals surface area contributed by atoms with Gasteiger partial charge in [0.15, 0.2) is 5.82 Å². The molecule has 0 amide bonds. The molecule has 3 aliphatic rings. The largest absolute Gasteiger partial charge is 0.508 e. The average Bonchev–Trinajstić information content (AvgIpc) is 3.50. The molecule has 2 bridgehead atoms. The number of hydrogen-bond donors (Lipinski definition) is 2. The minimum Gasteiger partial charge on any atom is -0.508 e. The summed E-state index contributed by atoms with van der Waals surface area (Å²) in [5, 5.41) is 16.5. The number of likely N-dealkylation sites (N-methyl/N-ethyl adjacent to an activating group) is 1. The molecule has 2 unspecified atom stereocenters. The van der Waals surface area contributed by atoms with Crippen molar-refractivity contribution < 1.29 is 14.2 Å². The maximum absolute atomic E-state index is 16.4. The van der Waals surface area contributed by atoms with Crippen LogP contribution in [0.3, 0.4) is 0 Å². The van der Waals surface area contributed by atoms with Gasteiger partial charge in [-0.1, -0.05) is 30.3 Å². The number of likely N-dealkylation sites (tertiary alicyclic amines) is 1. The molecule has 38 heavy (non-hydrogen) atoms. The Labute approximate surface area is 221 Å². The van der Waals surface area contributed by atoms with Crippen LogP contribution in [0.15, 0.2) is 48.5 Å². The first-order valence-electron chi connectivity index (χ1n) is 13.6. The van der Waals surface area contributed by atoms with Gasteiger partial charge in [0.1, 0.15) is 23.7 Å². The number of anilines is 1. The van der Waals surface area contributed by atoms with Gasteiger partial charge in [-0.3, -0.25) is 0 Å².